The predicted molar refractivity (Wildman–Crippen MR) is 121 cm³/mol. The third-order valence-electron chi connectivity index (χ3n) is 5.64. The van der Waals surface area contributed by atoms with Gasteiger partial charge in [0.25, 0.3) is 0 Å². The molecule has 0 amide bonds. The summed E-state index contributed by atoms with van der Waals surface area (Å²) in [5, 5.41) is 10.5. The summed E-state index contributed by atoms with van der Waals surface area (Å²) >= 11 is 6.34. The molecule has 2 aromatic rings. The summed E-state index contributed by atoms with van der Waals surface area (Å²) < 4.78 is 43.0. The van der Waals surface area contributed by atoms with Crippen molar-refractivity contribution in [2.24, 2.45) is 0 Å². The zero-order chi connectivity index (χ0) is 23.8. The normalized spacial score (nSPS) is 16.8. The Hall–Kier alpha value is -2.38. The van der Waals surface area contributed by atoms with Gasteiger partial charge >= 0.3 is 5.97 Å². The molecule has 0 saturated heterocycles. The van der Waals surface area contributed by atoms with Crippen LogP contribution in [0.2, 0.25) is 5.02 Å². The first-order chi connectivity index (χ1) is 15.8. The van der Waals surface area contributed by atoms with E-state index in [0.717, 1.165) is 5.56 Å². The van der Waals surface area contributed by atoms with Gasteiger partial charge in [-0.1, -0.05) is 29.8 Å². The number of benzene rings is 2. The van der Waals surface area contributed by atoms with Crippen molar-refractivity contribution in [2.45, 2.75) is 57.0 Å². The molecule has 0 radical (unpaired) electrons. The van der Waals surface area contributed by atoms with E-state index in [1.807, 2.05) is 12.1 Å². The Morgan fingerprint density at radius 3 is 2.58 bits per heavy atom. The molecule has 1 fully saturated rings. The van der Waals surface area contributed by atoms with Gasteiger partial charge in [-0.2, -0.15) is 0 Å². The molecule has 5 nitrogen and oxygen atoms in total. The van der Waals surface area contributed by atoms with Crippen LogP contribution < -0.4 is 9.47 Å². The topological polar surface area (TPSA) is 65.0 Å². The highest BCUT2D eigenvalue weighted by Crippen LogP contribution is 2.42. The minimum absolute atomic E-state index is 0.0851. The molecule has 1 aliphatic carbocycles. The van der Waals surface area contributed by atoms with Crippen LogP contribution in [0.1, 0.15) is 62.2 Å². The third-order valence-corrected chi connectivity index (χ3v) is 5.94. The van der Waals surface area contributed by atoms with Crippen molar-refractivity contribution < 1.29 is 32.9 Å². The quantitative estimate of drug-likeness (QED) is 0.328. The number of carbonyl (C=O) groups is 1. The first-order valence-electron chi connectivity index (χ1n) is 11.2. The molecule has 1 N–H and O–H groups in total. The Balaban J connectivity index is 1.43. The molecule has 1 saturated carbocycles. The Bertz CT molecular complexity index is 927. The van der Waals surface area contributed by atoms with E-state index < -0.39 is 18.0 Å². The van der Waals surface area contributed by atoms with Crippen molar-refractivity contribution in [1.82, 2.24) is 0 Å². The molecule has 0 unspecified atom stereocenters. The maximum absolute atomic E-state index is 13.4. The summed E-state index contributed by atoms with van der Waals surface area (Å²) in [4.78, 5) is 11.7. The zero-order valence-electron chi connectivity index (χ0n) is 18.6. The second kappa shape index (κ2) is 11.7. The van der Waals surface area contributed by atoms with Crippen LogP contribution in [-0.4, -0.2) is 36.8 Å². The predicted octanol–water partition coefficient (Wildman–Crippen LogP) is 6.08. The van der Waals surface area contributed by atoms with E-state index >= 15 is 0 Å². The summed E-state index contributed by atoms with van der Waals surface area (Å²) in [6.45, 7) is 2.61. The molecular formula is C25H29ClF2O5. The molecule has 8 heteroatoms. The highest BCUT2D eigenvalue weighted by molar-refractivity contribution is 6.32. The van der Waals surface area contributed by atoms with E-state index in [-0.39, 0.29) is 25.4 Å². The average molecular weight is 483 g/mol. The van der Waals surface area contributed by atoms with Gasteiger partial charge in [0, 0.05) is 19.3 Å². The number of alkyl halides is 2. The maximum atomic E-state index is 13.4. The van der Waals surface area contributed by atoms with E-state index in [1.165, 1.54) is 0 Å². The highest BCUT2D eigenvalue weighted by Gasteiger charge is 2.35. The average Bonchev–Trinajstić information content (AvgIpc) is 2.79. The summed E-state index contributed by atoms with van der Waals surface area (Å²) in [5.74, 6) is -2.08. The summed E-state index contributed by atoms with van der Waals surface area (Å²) in [6, 6.07) is 12.1. The second-order valence-electron chi connectivity index (χ2n) is 8.10. The lowest BCUT2D eigenvalue weighted by molar-refractivity contribution is -0.153. The van der Waals surface area contributed by atoms with Crippen molar-refractivity contribution in [3.63, 3.8) is 0 Å². The van der Waals surface area contributed by atoms with E-state index in [1.54, 1.807) is 37.3 Å². The number of rotatable bonds is 10. The highest BCUT2D eigenvalue weighted by atomic mass is 35.5. The van der Waals surface area contributed by atoms with Gasteiger partial charge in [-0.05, 0) is 61.1 Å². The van der Waals surface area contributed by atoms with Crippen LogP contribution >= 0.6 is 11.6 Å². The lowest BCUT2D eigenvalue weighted by atomic mass is 9.82. The number of esters is 1. The molecule has 0 spiro atoms. The van der Waals surface area contributed by atoms with Gasteiger partial charge in [-0.15, -0.1) is 0 Å². The van der Waals surface area contributed by atoms with Crippen molar-refractivity contribution in [3.8, 4) is 11.5 Å². The zero-order valence-corrected chi connectivity index (χ0v) is 19.3. The number of aliphatic hydroxyl groups is 1. The molecule has 3 rings (SSSR count). The van der Waals surface area contributed by atoms with E-state index in [0.29, 0.717) is 54.6 Å². The number of hydrogen-bond donors (Lipinski definition) is 1. The Morgan fingerprint density at radius 1 is 1.15 bits per heavy atom. The van der Waals surface area contributed by atoms with Crippen LogP contribution in [0.3, 0.4) is 0 Å². The van der Waals surface area contributed by atoms with Crippen molar-refractivity contribution in [2.75, 3.05) is 19.8 Å². The molecule has 0 aliphatic heterocycles. The molecular weight excluding hydrogens is 454 g/mol. The monoisotopic (exact) mass is 482 g/mol. The van der Waals surface area contributed by atoms with Gasteiger partial charge in [-0.3, -0.25) is 0 Å². The number of ether oxygens (including phenoxy) is 3. The van der Waals surface area contributed by atoms with E-state index in [9.17, 15) is 18.7 Å². The second-order valence-corrected chi connectivity index (χ2v) is 8.50. The SMILES string of the molecule is CCOC(=O)[C@H](O)c1cccc(OCCCOc2ccc(C3CCC(F)(F)CC3)cc2Cl)c1. The van der Waals surface area contributed by atoms with Crippen LogP contribution in [0.15, 0.2) is 42.5 Å². The van der Waals surface area contributed by atoms with Gasteiger partial charge in [0.2, 0.25) is 5.92 Å². The van der Waals surface area contributed by atoms with Crippen molar-refractivity contribution >= 4 is 17.6 Å². The number of hydrogen-bond acceptors (Lipinski definition) is 5. The fourth-order valence-corrected chi connectivity index (χ4v) is 4.07. The Morgan fingerprint density at radius 2 is 1.88 bits per heavy atom. The molecule has 2 aromatic carbocycles. The molecule has 1 aliphatic rings. The standard InChI is InChI=1S/C25H29ClF2O5/c1-2-31-24(30)23(29)19-5-3-6-20(15-19)32-13-4-14-33-22-8-7-18(16-21(22)26)17-9-11-25(27,28)12-10-17/h3,5-8,15-17,23,29H,2,4,9-14H2,1H3/t23-/m1/s1. The smallest absolute Gasteiger partial charge is 0.339 e. The molecule has 0 bridgehead atoms. The Kier molecular flexibility index (Phi) is 8.92. The van der Waals surface area contributed by atoms with E-state index in [4.69, 9.17) is 25.8 Å². The van der Waals surface area contributed by atoms with E-state index in [2.05, 4.69) is 0 Å². The van der Waals surface area contributed by atoms with Crippen LogP contribution in [0, 0.1) is 0 Å². The maximum Gasteiger partial charge on any atom is 0.339 e. The largest absolute Gasteiger partial charge is 0.493 e. The van der Waals surface area contributed by atoms with Crippen LogP contribution in [-0.2, 0) is 9.53 Å². The summed E-state index contributed by atoms with van der Waals surface area (Å²) in [6.07, 6.45) is -0.0265. The fourth-order valence-electron chi connectivity index (χ4n) is 3.82. The molecule has 0 aromatic heterocycles. The van der Waals surface area contributed by atoms with Crippen LogP contribution in [0.5, 0.6) is 11.5 Å². The van der Waals surface area contributed by atoms with Gasteiger partial charge < -0.3 is 19.3 Å². The Labute approximate surface area is 197 Å². The van der Waals surface area contributed by atoms with Crippen molar-refractivity contribution in [3.05, 3.63) is 58.6 Å². The first-order valence-corrected chi connectivity index (χ1v) is 11.5. The molecule has 1 atom stereocenters. The van der Waals surface area contributed by atoms with Crippen LogP contribution in [0.4, 0.5) is 8.78 Å². The first kappa shape index (κ1) is 25.2. The van der Waals surface area contributed by atoms with Gasteiger partial charge in [0.15, 0.2) is 6.10 Å². The number of carbonyl (C=O) groups excluding carboxylic acids is 1. The number of aliphatic hydroxyl groups excluding tert-OH is 1. The summed E-state index contributed by atoms with van der Waals surface area (Å²) in [5.41, 5.74) is 1.37. The molecule has 33 heavy (non-hydrogen) atoms. The fraction of sp³-hybridized carbons (Fsp3) is 0.480. The van der Waals surface area contributed by atoms with Crippen molar-refractivity contribution in [1.29, 1.82) is 0 Å². The lowest BCUT2D eigenvalue weighted by Crippen LogP contribution is -2.23. The number of halogens is 3. The molecule has 0 heterocycles. The lowest BCUT2D eigenvalue weighted by Gasteiger charge is -2.28. The summed E-state index contributed by atoms with van der Waals surface area (Å²) in [7, 11) is 0. The molecule has 180 valence electrons. The van der Waals surface area contributed by atoms with Gasteiger partial charge in [-0.25, -0.2) is 13.6 Å². The van der Waals surface area contributed by atoms with Crippen LogP contribution in [0.25, 0.3) is 0 Å². The van der Waals surface area contributed by atoms with Gasteiger partial charge in [0.05, 0.1) is 24.8 Å². The minimum atomic E-state index is -2.55. The minimum Gasteiger partial charge on any atom is -0.493 e. The van der Waals surface area contributed by atoms with Gasteiger partial charge in [0.1, 0.15) is 11.5 Å². The third kappa shape index (κ3) is 7.30.